The van der Waals surface area contributed by atoms with Gasteiger partial charge in [-0.15, -0.1) is 0 Å². The van der Waals surface area contributed by atoms with Crippen molar-refractivity contribution in [2.45, 2.75) is 0 Å². The highest BCUT2D eigenvalue weighted by Crippen LogP contribution is 2.27. The predicted octanol–water partition coefficient (Wildman–Crippen LogP) is 6.46. The van der Waals surface area contributed by atoms with E-state index in [1.54, 1.807) is 78.9 Å². The summed E-state index contributed by atoms with van der Waals surface area (Å²) >= 11 is 11.9. The van der Waals surface area contributed by atoms with E-state index in [1.165, 1.54) is 18.4 Å². The van der Waals surface area contributed by atoms with Gasteiger partial charge in [-0.2, -0.15) is 5.10 Å². The second-order valence-electron chi connectivity index (χ2n) is 8.78. The van der Waals surface area contributed by atoms with E-state index >= 15 is 0 Å². The number of hydrogen-bond acceptors (Lipinski definition) is 6. The molecule has 0 atom stereocenters. The van der Waals surface area contributed by atoms with E-state index in [4.69, 9.17) is 32.7 Å². The van der Waals surface area contributed by atoms with Gasteiger partial charge in [0.15, 0.2) is 6.61 Å². The SMILES string of the molecule is O=C(COc1ccc(Cl)cc1Cl)Oc1ccc(C=NNC(=O)C(=CC=Cc2ccccc2)NC(=O)c2ccccc2)cc1. The van der Waals surface area contributed by atoms with Crippen LogP contribution < -0.4 is 20.2 Å². The van der Waals surface area contributed by atoms with Crippen LogP contribution in [-0.2, 0) is 9.59 Å². The molecule has 0 radical (unpaired) electrons. The Labute approximate surface area is 258 Å². The zero-order valence-electron chi connectivity index (χ0n) is 22.6. The lowest BCUT2D eigenvalue weighted by Crippen LogP contribution is -2.32. The first kappa shape index (κ1) is 30.8. The summed E-state index contributed by atoms with van der Waals surface area (Å²) in [4.78, 5) is 37.7. The lowest BCUT2D eigenvalue weighted by molar-refractivity contribution is -0.136. The number of allylic oxidation sites excluding steroid dienone is 2. The van der Waals surface area contributed by atoms with Gasteiger partial charge in [-0.05, 0) is 71.8 Å². The normalized spacial score (nSPS) is 11.3. The Morgan fingerprint density at radius 3 is 2.21 bits per heavy atom. The summed E-state index contributed by atoms with van der Waals surface area (Å²) in [7, 11) is 0. The summed E-state index contributed by atoms with van der Waals surface area (Å²) < 4.78 is 10.6. The number of halogens is 2. The minimum Gasteiger partial charge on any atom is -0.480 e. The van der Waals surface area contributed by atoms with Crippen LogP contribution in [0.4, 0.5) is 0 Å². The van der Waals surface area contributed by atoms with Gasteiger partial charge in [0.25, 0.3) is 11.8 Å². The fourth-order valence-corrected chi connectivity index (χ4v) is 3.98. The molecule has 4 aromatic rings. The molecule has 0 saturated heterocycles. The number of hydrogen-bond donors (Lipinski definition) is 2. The third-order valence-electron chi connectivity index (χ3n) is 5.61. The molecule has 0 fully saturated rings. The van der Waals surface area contributed by atoms with E-state index in [2.05, 4.69) is 15.8 Å². The van der Waals surface area contributed by atoms with Gasteiger partial charge in [-0.1, -0.05) is 83.9 Å². The molecule has 216 valence electrons. The van der Waals surface area contributed by atoms with Crippen molar-refractivity contribution in [1.29, 1.82) is 0 Å². The second-order valence-corrected chi connectivity index (χ2v) is 9.62. The summed E-state index contributed by atoms with van der Waals surface area (Å²) in [6.07, 6.45) is 6.37. The zero-order valence-corrected chi connectivity index (χ0v) is 24.1. The van der Waals surface area contributed by atoms with Crippen LogP contribution >= 0.6 is 23.2 Å². The number of hydrazone groups is 1. The molecule has 0 bridgehead atoms. The number of nitrogens with one attached hydrogen (secondary N) is 2. The van der Waals surface area contributed by atoms with E-state index in [1.807, 2.05) is 30.3 Å². The first-order chi connectivity index (χ1) is 20.9. The van der Waals surface area contributed by atoms with Gasteiger partial charge < -0.3 is 14.8 Å². The third-order valence-corrected chi connectivity index (χ3v) is 6.14. The molecule has 0 unspecified atom stereocenters. The maximum atomic E-state index is 12.9. The van der Waals surface area contributed by atoms with E-state index in [-0.39, 0.29) is 23.1 Å². The minimum absolute atomic E-state index is 0.00236. The molecule has 8 nitrogen and oxygen atoms in total. The minimum atomic E-state index is -0.627. The van der Waals surface area contributed by atoms with E-state index in [0.29, 0.717) is 21.9 Å². The Balaban J connectivity index is 1.34. The topological polar surface area (TPSA) is 106 Å². The maximum Gasteiger partial charge on any atom is 0.349 e. The Bertz CT molecular complexity index is 1660. The summed E-state index contributed by atoms with van der Waals surface area (Å²) in [6.45, 7) is -0.353. The van der Waals surface area contributed by atoms with Crippen LogP contribution in [0.3, 0.4) is 0 Å². The largest absolute Gasteiger partial charge is 0.480 e. The van der Waals surface area contributed by atoms with Crippen molar-refractivity contribution in [1.82, 2.24) is 10.7 Å². The third kappa shape index (κ3) is 10.00. The fraction of sp³-hybridized carbons (Fsp3) is 0.0303. The highest BCUT2D eigenvalue weighted by molar-refractivity contribution is 6.35. The molecule has 0 aliphatic carbocycles. The van der Waals surface area contributed by atoms with Gasteiger partial charge in [0.2, 0.25) is 0 Å². The number of carbonyl (C=O) groups is 3. The van der Waals surface area contributed by atoms with Gasteiger partial charge >= 0.3 is 5.97 Å². The van der Waals surface area contributed by atoms with Gasteiger partial charge in [0.05, 0.1) is 11.2 Å². The number of carbonyl (C=O) groups excluding carboxylic acids is 3. The monoisotopic (exact) mass is 613 g/mol. The van der Waals surface area contributed by atoms with Crippen molar-refractivity contribution in [3.05, 3.63) is 148 Å². The molecule has 43 heavy (non-hydrogen) atoms. The first-order valence-corrected chi connectivity index (χ1v) is 13.6. The maximum absolute atomic E-state index is 12.9. The van der Waals surface area contributed by atoms with Crippen molar-refractivity contribution < 1.29 is 23.9 Å². The molecule has 0 aliphatic heterocycles. The number of rotatable bonds is 11. The summed E-state index contributed by atoms with van der Waals surface area (Å²) in [5.41, 5.74) is 4.37. The van der Waals surface area contributed by atoms with E-state index in [9.17, 15) is 14.4 Å². The van der Waals surface area contributed by atoms with Gasteiger partial charge in [-0.25, -0.2) is 10.2 Å². The van der Waals surface area contributed by atoms with Gasteiger partial charge in [0, 0.05) is 10.6 Å². The molecular weight excluding hydrogens is 589 g/mol. The van der Waals surface area contributed by atoms with Crippen LogP contribution in [0.25, 0.3) is 6.08 Å². The van der Waals surface area contributed by atoms with E-state index in [0.717, 1.165) is 5.56 Å². The van der Waals surface area contributed by atoms with Crippen LogP contribution in [0, 0.1) is 0 Å². The number of ether oxygens (including phenoxy) is 2. The molecule has 2 N–H and O–H groups in total. The summed E-state index contributed by atoms with van der Waals surface area (Å²) in [5, 5.41) is 7.35. The molecular formula is C33H25Cl2N3O5. The van der Waals surface area contributed by atoms with E-state index < -0.39 is 17.8 Å². The smallest absolute Gasteiger partial charge is 0.349 e. The second kappa shape index (κ2) is 15.7. The van der Waals surface area contributed by atoms with Crippen molar-refractivity contribution >= 4 is 53.3 Å². The Morgan fingerprint density at radius 2 is 1.51 bits per heavy atom. The number of esters is 1. The highest BCUT2D eigenvalue weighted by Gasteiger charge is 2.13. The van der Waals surface area contributed by atoms with Crippen LogP contribution in [0.2, 0.25) is 10.0 Å². The first-order valence-electron chi connectivity index (χ1n) is 12.9. The fourth-order valence-electron chi connectivity index (χ4n) is 3.52. The molecule has 4 aromatic carbocycles. The van der Waals surface area contributed by atoms with Crippen LogP contribution in [-0.4, -0.2) is 30.6 Å². The van der Waals surface area contributed by atoms with Gasteiger partial charge in [-0.3, -0.25) is 9.59 Å². The molecule has 0 heterocycles. The summed E-state index contributed by atoms with van der Waals surface area (Å²) in [6, 6.07) is 29.1. The zero-order chi connectivity index (χ0) is 30.4. The van der Waals surface area contributed by atoms with Crippen LogP contribution in [0.15, 0.2) is 126 Å². The molecule has 0 saturated carbocycles. The molecule has 2 amide bonds. The lowest BCUT2D eigenvalue weighted by Gasteiger charge is -2.09. The van der Waals surface area contributed by atoms with Crippen molar-refractivity contribution in [3.8, 4) is 11.5 Å². The van der Waals surface area contributed by atoms with Crippen molar-refractivity contribution in [2.24, 2.45) is 5.10 Å². The standard InChI is InChI=1S/C33H25Cl2N3O5/c34-26-16-19-30(28(35)20-26)42-22-31(39)43-27-17-14-24(15-18-27)21-36-38-33(41)29(13-7-10-23-8-3-1-4-9-23)37-32(40)25-11-5-2-6-12-25/h1-21H,22H2,(H,37,40)(H,38,41). The highest BCUT2D eigenvalue weighted by atomic mass is 35.5. The molecule has 0 aromatic heterocycles. The molecule has 0 spiro atoms. The Hall–Kier alpha value is -5.18. The molecule has 10 heteroatoms. The quantitative estimate of drug-likeness (QED) is 0.0504. The lowest BCUT2D eigenvalue weighted by atomic mass is 10.2. The Kier molecular flexibility index (Phi) is 11.2. The summed E-state index contributed by atoms with van der Waals surface area (Å²) in [5.74, 6) is -1.09. The number of amides is 2. The van der Waals surface area contributed by atoms with Crippen molar-refractivity contribution in [2.75, 3.05) is 6.61 Å². The number of nitrogens with zero attached hydrogens (tertiary/aromatic N) is 1. The van der Waals surface area contributed by atoms with Gasteiger partial charge in [0.1, 0.15) is 17.2 Å². The van der Waals surface area contributed by atoms with Crippen LogP contribution in [0.1, 0.15) is 21.5 Å². The Morgan fingerprint density at radius 1 is 0.814 bits per heavy atom. The average Bonchev–Trinajstić information content (AvgIpc) is 3.02. The molecule has 0 aliphatic rings. The molecule has 4 rings (SSSR count). The van der Waals surface area contributed by atoms with Crippen molar-refractivity contribution in [3.63, 3.8) is 0 Å². The van der Waals surface area contributed by atoms with Crippen LogP contribution in [0.5, 0.6) is 11.5 Å². The average molecular weight is 614 g/mol. The number of benzene rings is 4. The predicted molar refractivity (Wildman–Crippen MR) is 167 cm³/mol.